The van der Waals surface area contributed by atoms with Crippen molar-refractivity contribution < 1.29 is 18.4 Å². The van der Waals surface area contributed by atoms with Crippen LogP contribution >= 0.6 is 24.8 Å². The number of halogens is 1. The molecule has 4 nitrogen and oxygen atoms in total. The van der Waals surface area contributed by atoms with Gasteiger partial charge in [-0.3, -0.25) is 0 Å². The number of nitrogens with zero attached hydrogens (tertiary/aromatic N) is 1. The third kappa shape index (κ3) is 2.33. The minimum absolute atomic E-state index is 0.199. The topological polar surface area (TPSA) is 38.5 Å². The number of carbonyl (C=O) groups excluding carboxylic acids is 1. The summed E-state index contributed by atoms with van der Waals surface area (Å²) in [5, 5.41) is 0. The maximum atomic E-state index is 9.38. The molecule has 0 aliphatic carbocycles. The molecule has 0 heterocycles. The van der Waals surface area contributed by atoms with E-state index in [1.807, 2.05) is 0 Å². The summed E-state index contributed by atoms with van der Waals surface area (Å²) in [5.74, 6) is 0. The highest BCUT2D eigenvalue weighted by Crippen LogP contribution is 1.84. The van der Waals surface area contributed by atoms with Gasteiger partial charge in [0, 0.05) is 0 Å². The SMILES string of the molecule is O=C=[N+](OS)OCl. The molecule has 7 heavy (non-hydrogen) atoms. The minimum atomic E-state index is 0.199. The van der Waals surface area contributed by atoms with Crippen molar-refractivity contribution in [2.24, 2.45) is 0 Å². The third-order valence-electron chi connectivity index (χ3n) is 0.211. The normalized spacial score (nSPS) is 6.57. The number of rotatable bonds is 2. The van der Waals surface area contributed by atoms with E-state index in [9.17, 15) is 4.79 Å². The Morgan fingerprint density at radius 2 is 2.43 bits per heavy atom. The van der Waals surface area contributed by atoms with Crippen LogP contribution in [-0.2, 0) is 13.5 Å². The lowest BCUT2D eigenvalue weighted by molar-refractivity contribution is -0.905. The van der Waals surface area contributed by atoms with Crippen molar-refractivity contribution in [3.05, 3.63) is 0 Å². The standard InChI is InChI=1S/CClNO3S/c2-5-3(1-4)6-7/p+1. The van der Waals surface area contributed by atoms with Crippen LogP contribution in [0.15, 0.2) is 0 Å². The Balaban J connectivity index is 3.61. The first-order valence-electron chi connectivity index (χ1n) is 1.13. The van der Waals surface area contributed by atoms with Crippen molar-refractivity contribution in [2.75, 3.05) is 0 Å². The molecule has 0 aliphatic rings. The fourth-order valence-corrected chi connectivity index (χ4v) is 0.206. The Bertz CT molecular complexity index is 93.1. The maximum absolute atomic E-state index is 9.38. The van der Waals surface area contributed by atoms with Gasteiger partial charge in [-0.1, -0.05) is 4.39 Å². The molecule has 40 valence electrons. The molecule has 0 spiro atoms. The van der Waals surface area contributed by atoms with Crippen molar-refractivity contribution in [1.82, 2.24) is 0 Å². The second-order valence-electron chi connectivity index (χ2n) is 0.499. The van der Waals surface area contributed by atoms with Crippen LogP contribution < -0.4 is 0 Å². The third-order valence-corrected chi connectivity index (χ3v) is 0.485. The molecule has 6 heteroatoms. The lowest BCUT2D eigenvalue weighted by Gasteiger charge is -1.74. The molecule has 0 saturated heterocycles. The lowest BCUT2D eigenvalue weighted by Crippen LogP contribution is -1.98. The van der Waals surface area contributed by atoms with Gasteiger partial charge >= 0.3 is 11.0 Å². The Kier molecular flexibility index (Phi) is 3.59. The molecule has 0 amide bonds. The van der Waals surface area contributed by atoms with Crippen LogP contribution in [0.5, 0.6) is 0 Å². The minimum Gasteiger partial charge on any atom is -0.152 e. The highest BCUT2D eigenvalue weighted by atomic mass is 35.5. The first-order chi connectivity index (χ1) is 3.35. The van der Waals surface area contributed by atoms with Crippen molar-refractivity contribution >= 4 is 30.9 Å². The first kappa shape index (κ1) is 6.62. The molecule has 0 aromatic rings. The lowest BCUT2D eigenvalue weighted by atomic mass is 11.6. The monoisotopic (exact) mass is 142 g/mol. The van der Waals surface area contributed by atoms with Crippen LogP contribution in [0.3, 0.4) is 0 Å². The van der Waals surface area contributed by atoms with Gasteiger partial charge in [0.15, 0.2) is 0 Å². The summed E-state index contributed by atoms with van der Waals surface area (Å²) in [4.78, 5) is 9.58. The van der Waals surface area contributed by atoms with Gasteiger partial charge in [-0.05, 0) is 0 Å². The summed E-state index contributed by atoms with van der Waals surface area (Å²) in [6.45, 7) is 0. The molecule has 0 bridgehead atoms. The van der Waals surface area contributed by atoms with E-state index in [1.165, 1.54) is 0 Å². The molecule has 0 aliphatic heterocycles. The fourth-order valence-electron chi connectivity index (χ4n) is 0.0434. The van der Waals surface area contributed by atoms with E-state index < -0.39 is 0 Å². The smallest absolute Gasteiger partial charge is 0.152 e. The summed E-state index contributed by atoms with van der Waals surface area (Å²) in [5.41, 5.74) is 0. The van der Waals surface area contributed by atoms with Crippen LogP contribution in [0.4, 0.5) is 0 Å². The summed E-state index contributed by atoms with van der Waals surface area (Å²) in [6.07, 6.45) is 1.13. The molecular formula is CHClNO3S+. The largest absolute Gasteiger partial charge is 0.543 e. The van der Waals surface area contributed by atoms with E-state index in [0.29, 0.717) is 0 Å². The summed E-state index contributed by atoms with van der Waals surface area (Å²) >= 11 is 7.69. The Morgan fingerprint density at radius 1 is 1.86 bits per heavy atom. The van der Waals surface area contributed by atoms with Crippen LogP contribution in [0.2, 0.25) is 0 Å². The number of hydrogen-bond acceptors (Lipinski definition) is 4. The van der Waals surface area contributed by atoms with E-state index in [4.69, 9.17) is 0 Å². The predicted molar refractivity (Wildman–Crippen MR) is 23.0 cm³/mol. The molecule has 0 aromatic carbocycles. The van der Waals surface area contributed by atoms with Crippen molar-refractivity contribution in [1.29, 1.82) is 0 Å². The molecule has 0 fully saturated rings. The molecule has 0 atom stereocenters. The molecular weight excluding hydrogens is 142 g/mol. The van der Waals surface area contributed by atoms with Crippen LogP contribution in [-0.4, -0.2) is 11.0 Å². The van der Waals surface area contributed by atoms with E-state index in [2.05, 4.69) is 33.4 Å². The summed E-state index contributed by atoms with van der Waals surface area (Å²) in [7, 11) is 0. The van der Waals surface area contributed by atoms with Crippen LogP contribution in [0, 0.1) is 0 Å². The predicted octanol–water partition coefficient (Wildman–Crippen LogP) is 0.196. The van der Waals surface area contributed by atoms with Gasteiger partial charge in [-0.15, -0.1) is 4.28 Å². The van der Waals surface area contributed by atoms with E-state index in [0.717, 1.165) is 6.08 Å². The average Bonchev–Trinajstić information content (AvgIpc) is 1.72. The molecule has 0 rings (SSSR count). The zero-order valence-corrected chi connectivity index (χ0v) is 4.65. The number of isocyanates is 1. The fraction of sp³-hybridized carbons (Fsp3) is 0. The maximum Gasteiger partial charge on any atom is 0.543 e. The molecule has 0 saturated carbocycles. The molecule has 0 unspecified atom stereocenters. The number of thiol groups is 1. The van der Waals surface area contributed by atoms with E-state index >= 15 is 0 Å². The molecule has 0 aromatic heterocycles. The van der Waals surface area contributed by atoms with Crippen molar-refractivity contribution in [2.45, 2.75) is 0 Å². The van der Waals surface area contributed by atoms with Gasteiger partial charge in [-0.2, -0.15) is 4.79 Å². The van der Waals surface area contributed by atoms with Gasteiger partial charge in [-0.25, -0.2) is 0 Å². The Morgan fingerprint density at radius 3 is 2.43 bits per heavy atom. The van der Waals surface area contributed by atoms with Crippen molar-refractivity contribution in [3.63, 3.8) is 0 Å². The number of hydrogen-bond donors (Lipinski definition) is 1. The van der Waals surface area contributed by atoms with E-state index in [-0.39, 0.29) is 4.90 Å². The average molecular weight is 143 g/mol. The highest BCUT2D eigenvalue weighted by Gasteiger charge is 2.01. The second-order valence-corrected chi connectivity index (χ2v) is 0.800. The van der Waals surface area contributed by atoms with Crippen molar-refractivity contribution in [3.8, 4) is 0 Å². The summed E-state index contributed by atoms with van der Waals surface area (Å²) < 4.78 is 7.43. The van der Waals surface area contributed by atoms with Gasteiger partial charge in [0.25, 0.3) is 0 Å². The zero-order chi connectivity index (χ0) is 5.70. The summed E-state index contributed by atoms with van der Waals surface area (Å²) in [6, 6.07) is 0. The first-order valence-corrected chi connectivity index (χ1v) is 1.80. The highest BCUT2D eigenvalue weighted by molar-refractivity contribution is 7.74. The quantitative estimate of drug-likeness (QED) is 0.197. The van der Waals surface area contributed by atoms with Gasteiger partial charge in [0.1, 0.15) is 12.9 Å². The molecule has 0 N–H and O–H groups in total. The zero-order valence-electron chi connectivity index (χ0n) is 3.00. The Labute approximate surface area is 50.0 Å². The Hall–Kier alpha value is -0.380. The van der Waals surface area contributed by atoms with Crippen LogP contribution in [0.1, 0.15) is 0 Å². The van der Waals surface area contributed by atoms with E-state index in [1.54, 1.807) is 0 Å². The molecule has 0 radical (unpaired) electrons. The van der Waals surface area contributed by atoms with Gasteiger partial charge in [0.05, 0.1) is 0 Å². The van der Waals surface area contributed by atoms with Gasteiger partial charge in [0.2, 0.25) is 11.9 Å². The van der Waals surface area contributed by atoms with Crippen LogP contribution in [0.25, 0.3) is 0 Å². The van der Waals surface area contributed by atoms with Gasteiger partial charge < -0.3 is 0 Å². The second kappa shape index (κ2) is 3.80.